The number of halogens is 3. The van der Waals surface area contributed by atoms with Crippen molar-refractivity contribution in [3.05, 3.63) is 4.72 Å². The van der Waals surface area contributed by atoms with Gasteiger partial charge in [-0.3, -0.25) is 0 Å². The Bertz CT molecular complexity index is 280. The third-order valence-corrected chi connectivity index (χ3v) is 3.32. The van der Waals surface area contributed by atoms with Crippen molar-refractivity contribution in [3.63, 3.8) is 0 Å². The van der Waals surface area contributed by atoms with Gasteiger partial charge in [-0.1, -0.05) is 32.1 Å². The minimum absolute atomic E-state index is 0.440. The van der Waals surface area contributed by atoms with Gasteiger partial charge in [0.25, 0.3) is 0 Å². The van der Waals surface area contributed by atoms with E-state index in [0.29, 0.717) is 12.8 Å². The molecule has 7 heteroatoms. The number of nitrogens with zero attached hydrogens (tertiary/aromatic N) is 1. The van der Waals surface area contributed by atoms with Crippen LogP contribution in [0.15, 0.2) is 0 Å². The van der Waals surface area contributed by atoms with Gasteiger partial charge in [0, 0.05) is 0 Å². The first kappa shape index (κ1) is 11.8. The molecular weight excluding hydrogens is 219 g/mol. The molecule has 0 N–H and O–H groups in total. The van der Waals surface area contributed by atoms with Crippen LogP contribution in [-0.4, -0.2) is 20.0 Å². The van der Waals surface area contributed by atoms with E-state index < -0.39 is 21.6 Å². The molecule has 0 bridgehead atoms. The molecule has 0 atom stereocenters. The first-order valence-electron chi connectivity index (χ1n) is 4.36. The van der Waals surface area contributed by atoms with Crippen molar-refractivity contribution in [2.24, 2.45) is 0 Å². The Hall–Kier alpha value is -0.300. The zero-order valence-corrected chi connectivity index (χ0v) is 8.24. The largest absolute Gasteiger partial charge is 0.538 e. The van der Waals surface area contributed by atoms with E-state index >= 15 is 0 Å². The lowest BCUT2D eigenvalue weighted by Crippen LogP contribution is -2.26. The molecular formula is C7H11F3NO2S-. The summed E-state index contributed by atoms with van der Waals surface area (Å²) in [4.78, 5) is 0. The molecule has 0 aliphatic heterocycles. The Kier molecular flexibility index (Phi) is 3.41. The van der Waals surface area contributed by atoms with Crippen LogP contribution in [0.3, 0.4) is 0 Å². The second-order valence-electron chi connectivity index (χ2n) is 3.32. The van der Waals surface area contributed by atoms with Crippen LogP contribution in [0, 0.1) is 0 Å². The number of hydrogen-bond donors (Lipinski definition) is 0. The fourth-order valence-corrected chi connectivity index (χ4v) is 2.17. The quantitative estimate of drug-likeness (QED) is 0.731. The van der Waals surface area contributed by atoms with Crippen molar-refractivity contribution >= 4 is 10.0 Å². The van der Waals surface area contributed by atoms with Crippen LogP contribution in [0.1, 0.15) is 32.1 Å². The second kappa shape index (κ2) is 4.06. The summed E-state index contributed by atoms with van der Waals surface area (Å²) in [6.45, 7) is 0. The van der Waals surface area contributed by atoms with E-state index in [2.05, 4.69) is 4.72 Å². The molecule has 0 heterocycles. The monoisotopic (exact) mass is 230 g/mol. The van der Waals surface area contributed by atoms with Gasteiger partial charge >= 0.3 is 5.51 Å². The summed E-state index contributed by atoms with van der Waals surface area (Å²) in [5, 5.41) is 0. The highest BCUT2D eigenvalue weighted by atomic mass is 32.2. The third-order valence-electron chi connectivity index (χ3n) is 2.16. The summed E-state index contributed by atoms with van der Waals surface area (Å²) >= 11 is 0. The molecule has 0 radical (unpaired) electrons. The van der Waals surface area contributed by atoms with E-state index in [0.717, 1.165) is 19.3 Å². The van der Waals surface area contributed by atoms with Gasteiger partial charge in [0.05, 0.1) is 0 Å². The van der Waals surface area contributed by atoms with Gasteiger partial charge in [0.15, 0.2) is 10.0 Å². The van der Waals surface area contributed by atoms with Crippen molar-refractivity contribution in [1.82, 2.24) is 0 Å². The van der Waals surface area contributed by atoms with Gasteiger partial charge in [0.1, 0.15) is 0 Å². The maximum absolute atomic E-state index is 11.9. The molecule has 1 aliphatic carbocycles. The molecule has 0 saturated heterocycles. The van der Waals surface area contributed by atoms with E-state index in [-0.39, 0.29) is 0 Å². The fourth-order valence-electron chi connectivity index (χ4n) is 1.44. The molecule has 1 rings (SSSR count). The van der Waals surface area contributed by atoms with E-state index in [1.54, 1.807) is 0 Å². The van der Waals surface area contributed by atoms with Gasteiger partial charge in [-0.25, -0.2) is 8.42 Å². The molecule has 1 saturated carbocycles. The lowest BCUT2D eigenvalue weighted by atomic mass is 9.96. The molecule has 0 aromatic heterocycles. The zero-order chi connectivity index (χ0) is 10.8. The van der Waals surface area contributed by atoms with E-state index in [9.17, 15) is 21.6 Å². The van der Waals surface area contributed by atoms with E-state index in [1.807, 2.05) is 0 Å². The summed E-state index contributed by atoms with van der Waals surface area (Å²) in [6, 6.07) is -0.671. The summed E-state index contributed by atoms with van der Waals surface area (Å²) in [5.41, 5.74) is -5.25. The van der Waals surface area contributed by atoms with Crippen molar-refractivity contribution in [2.75, 3.05) is 0 Å². The summed E-state index contributed by atoms with van der Waals surface area (Å²) < 4.78 is 59.9. The number of hydrogen-bond acceptors (Lipinski definition) is 2. The highest BCUT2D eigenvalue weighted by molar-refractivity contribution is 7.94. The predicted molar refractivity (Wildman–Crippen MR) is 45.2 cm³/mol. The van der Waals surface area contributed by atoms with Crippen molar-refractivity contribution in [1.29, 1.82) is 0 Å². The van der Waals surface area contributed by atoms with Crippen LogP contribution < -0.4 is 0 Å². The van der Waals surface area contributed by atoms with Crippen LogP contribution in [0.2, 0.25) is 0 Å². The molecule has 84 valence electrons. The number of rotatable bonds is 2. The summed E-state index contributed by atoms with van der Waals surface area (Å²) in [7, 11) is -5.27. The fraction of sp³-hybridized carbons (Fsp3) is 1.00. The SMILES string of the molecule is O=S(=O)([N-]C1CCCCC1)C(F)(F)F. The van der Waals surface area contributed by atoms with Gasteiger partial charge in [-0.15, -0.1) is 6.04 Å². The van der Waals surface area contributed by atoms with Crippen molar-refractivity contribution < 1.29 is 21.6 Å². The van der Waals surface area contributed by atoms with Crippen molar-refractivity contribution in [2.45, 2.75) is 43.7 Å². The summed E-state index contributed by atoms with van der Waals surface area (Å²) in [6.07, 6.45) is 3.33. The minimum Gasteiger partial charge on any atom is -0.538 e. The average molecular weight is 230 g/mol. The molecule has 0 aromatic rings. The summed E-state index contributed by atoms with van der Waals surface area (Å²) in [5.74, 6) is 0. The Balaban J connectivity index is 2.58. The van der Waals surface area contributed by atoms with Crippen LogP contribution >= 0.6 is 0 Å². The molecule has 0 amide bonds. The third kappa shape index (κ3) is 2.84. The number of sulfonamides is 1. The predicted octanol–water partition coefficient (Wildman–Crippen LogP) is 2.54. The molecule has 3 nitrogen and oxygen atoms in total. The lowest BCUT2D eigenvalue weighted by Gasteiger charge is -2.34. The average Bonchev–Trinajstić information content (AvgIpc) is 2.03. The highest BCUT2D eigenvalue weighted by Gasteiger charge is 2.39. The van der Waals surface area contributed by atoms with E-state index in [1.165, 1.54) is 0 Å². The standard InChI is InChI=1S/C7H11F3NO2S/c8-7(9,10)14(12,13)11-6-4-2-1-3-5-6/h6H,1-5H2/q-1. The van der Waals surface area contributed by atoms with Crippen LogP contribution in [0.5, 0.6) is 0 Å². The molecule has 0 unspecified atom stereocenters. The Morgan fingerprint density at radius 2 is 1.57 bits per heavy atom. The van der Waals surface area contributed by atoms with Crippen molar-refractivity contribution in [3.8, 4) is 0 Å². The molecule has 1 fully saturated rings. The highest BCUT2D eigenvalue weighted by Crippen LogP contribution is 2.33. The molecule has 1 aliphatic rings. The van der Waals surface area contributed by atoms with E-state index in [4.69, 9.17) is 0 Å². The van der Waals surface area contributed by atoms with Crippen LogP contribution in [0.4, 0.5) is 13.2 Å². The molecule has 0 aromatic carbocycles. The van der Waals surface area contributed by atoms with Gasteiger partial charge in [-0.05, 0) is 0 Å². The number of alkyl halides is 3. The van der Waals surface area contributed by atoms with Gasteiger partial charge in [0.2, 0.25) is 0 Å². The smallest absolute Gasteiger partial charge is 0.480 e. The lowest BCUT2D eigenvalue weighted by molar-refractivity contribution is -0.0428. The van der Waals surface area contributed by atoms with Crippen LogP contribution in [0.25, 0.3) is 4.72 Å². The Morgan fingerprint density at radius 3 is 2.00 bits per heavy atom. The Morgan fingerprint density at radius 1 is 1.07 bits per heavy atom. The minimum atomic E-state index is -5.27. The van der Waals surface area contributed by atoms with Gasteiger partial charge < -0.3 is 4.72 Å². The first-order valence-corrected chi connectivity index (χ1v) is 5.80. The topological polar surface area (TPSA) is 48.2 Å². The molecule has 0 spiro atoms. The second-order valence-corrected chi connectivity index (χ2v) is 4.94. The Labute approximate surface area is 80.7 Å². The maximum atomic E-state index is 11.9. The van der Waals surface area contributed by atoms with Gasteiger partial charge in [-0.2, -0.15) is 13.2 Å². The molecule has 14 heavy (non-hydrogen) atoms. The normalized spacial score (nSPS) is 21.1. The maximum Gasteiger partial charge on any atom is 0.480 e. The zero-order valence-electron chi connectivity index (χ0n) is 7.42. The first-order chi connectivity index (χ1) is 6.33. The van der Waals surface area contributed by atoms with Crippen LogP contribution in [-0.2, 0) is 10.0 Å².